The van der Waals surface area contributed by atoms with E-state index in [0.29, 0.717) is 11.4 Å². The van der Waals surface area contributed by atoms with Crippen molar-refractivity contribution in [3.05, 3.63) is 24.3 Å². The summed E-state index contributed by atoms with van der Waals surface area (Å²) in [4.78, 5) is 11.6. The maximum absolute atomic E-state index is 11.8. The Kier molecular flexibility index (Phi) is 4.80. The predicted molar refractivity (Wildman–Crippen MR) is 69.2 cm³/mol. The molecule has 4 heteroatoms. The molecule has 0 radical (unpaired) electrons. The average Bonchev–Trinajstić information content (AvgIpc) is 2.28. The third-order valence-corrected chi connectivity index (χ3v) is 3.67. The molecule has 1 atom stereocenters. The van der Waals surface area contributed by atoms with Gasteiger partial charge < -0.3 is 10.1 Å². The number of rotatable bonds is 4. The van der Waals surface area contributed by atoms with Gasteiger partial charge in [-0.1, -0.05) is 41.9 Å². The van der Waals surface area contributed by atoms with E-state index in [4.69, 9.17) is 4.74 Å². The van der Waals surface area contributed by atoms with E-state index >= 15 is 0 Å². The summed E-state index contributed by atoms with van der Waals surface area (Å²) in [5.74, 6) is 0.855. The number of hydrogen-bond donors (Lipinski definition) is 1. The van der Waals surface area contributed by atoms with Gasteiger partial charge in [0.1, 0.15) is 5.75 Å². The van der Waals surface area contributed by atoms with E-state index in [9.17, 15) is 4.79 Å². The van der Waals surface area contributed by atoms with Crippen molar-refractivity contribution in [2.45, 2.75) is 18.7 Å². The lowest BCUT2D eigenvalue weighted by Gasteiger charge is -2.15. The highest BCUT2D eigenvalue weighted by Gasteiger charge is 2.19. The fourth-order valence-electron chi connectivity index (χ4n) is 1.25. The van der Waals surface area contributed by atoms with Crippen LogP contribution in [0.5, 0.6) is 5.75 Å². The largest absolute Gasteiger partial charge is 0.495 e. The molecule has 88 valence electrons. The van der Waals surface area contributed by atoms with Gasteiger partial charge in [0.2, 0.25) is 5.91 Å². The Hall–Kier alpha value is -1.03. The van der Waals surface area contributed by atoms with Crippen molar-refractivity contribution in [1.82, 2.24) is 0 Å². The Morgan fingerprint density at radius 1 is 1.38 bits per heavy atom. The summed E-state index contributed by atoms with van der Waals surface area (Å²) >= 11 is 3.36. The van der Waals surface area contributed by atoms with E-state index in [-0.39, 0.29) is 16.7 Å². The zero-order valence-electron chi connectivity index (χ0n) is 9.66. The molecule has 0 saturated carbocycles. The van der Waals surface area contributed by atoms with E-state index in [1.54, 1.807) is 7.11 Å². The van der Waals surface area contributed by atoms with E-state index in [0.717, 1.165) is 0 Å². The monoisotopic (exact) mass is 285 g/mol. The molecule has 16 heavy (non-hydrogen) atoms. The van der Waals surface area contributed by atoms with Crippen LogP contribution in [0.4, 0.5) is 5.69 Å². The SMILES string of the molecule is COc1ccccc1NC(=O)C(Br)C(C)C. The number of amides is 1. The molecule has 1 aromatic carbocycles. The van der Waals surface area contributed by atoms with Gasteiger partial charge in [-0.2, -0.15) is 0 Å². The van der Waals surface area contributed by atoms with Crippen molar-refractivity contribution >= 4 is 27.5 Å². The fourth-order valence-corrected chi connectivity index (χ4v) is 1.37. The molecule has 1 aromatic rings. The van der Waals surface area contributed by atoms with Crippen LogP contribution < -0.4 is 10.1 Å². The molecule has 0 bridgehead atoms. The Morgan fingerprint density at radius 3 is 2.56 bits per heavy atom. The number of methoxy groups -OCH3 is 1. The second-order valence-corrected chi connectivity index (χ2v) is 4.82. The predicted octanol–water partition coefficient (Wildman–Crippen LogP) is 3.05. The highest BCUT2D eigenvalue weighted by molar-refractivity contribution is 9.10. The van der Waals surface area contributed by atoms with Gasteiger partial charge in [0.15, 0.2) is 0 Å². The minimum Gasteiger partial charge on any atom is -0.495 e. The van der Waals surface area contributed by atoms with E-state index in [1.165, 1.54) is 0 Å². The molecule has 1 N–H and O–H groups in total. The number of alkyl halides is 1. The summed E-state index contributed by atoms with van der Waals surface area (Å²) in [7, 11) is 1.58. The molecular formula is C12H16BrNO2. The molecule has 0 saturated heterocycles. The second kappa shape index (κ2) is 5.89. The number of halogens is 1. The molecule has 0 aliphatic rings. The van der Waals surface area contributed by atoms with Crippen LogP contribution >= 0.6 is 15.9 Å². The second-order valence-electron chi connectivity index (χ2n) is 3.84. The lowest BCUT2D eigenvalue weighted by molar-refractivity contribution is -0.116. The third-order valence-electron chi connectivity index (χ3n) is 2.20. The first-order valence-corrected chi connectivity index (χ1v) is 6.05. The first kappa shape index (κ1) is 13.0. The number of carbonyl (C=O) groups excluding carboxylic acids is 1. The molecule has 0 aliphatic carbocycles. The minimum atomic E-state index is -0.197. The molecule has 3 nitrogen and oxygen atoms in total. The van der Waals surface area contributed by atoms with Gasteiger partial charge in [0.25, 0.3) is 0 Å². The topological polar surface area (TPSA) is 38.3 Å². The highest BCUT2D eigenvalue weighted by atomic mass is 79.9. The summed E-state index contributed by atoms with van der Waals surface area (Å²) in [5.41, 5.74) is 0.695. The average molecular weight is 286 g/mol. The van der Waals surface area contributed by atoms with Crippen molar-refractivity contribution in [3.8, 4) is 5.75 Å². The van der Waals surface area contributed by atoms with Crippen molar-refractivity contribution in [1.29, 1.82) is 0 Å². The number of hydrogen-bond acceptors (Lipinski definition) is 2. The number of para-hydroxylation sites is 2. The Labute approximate surface area is 104 Å². The van der Waals surface area contributed by atoms with Gasteiger partial charge in [0, 0.05) is 0 Å². The molecule has 1 amide bonds. The molecule has 1 rings (SSSR count). The van der Waals surface area contributed by atoms with Crippen molar-refractivity contribution in [3.63, 3.8) is 0 Å². The third kappa shape index (κ3) is 3.23. The first-order valence-electron chi connectivity index (χ1n) is 5.14. The van der Waals surface area contributed by atoms with Gasteiger partial charge in [-0.05, 0) is 18.1 Å². The van der Waals surface area contributed by atoms with Crippen LogP contribution in [0.3, 0.4) is 0 Å². The summed E-state index contributed by atoms with van der Waals surface area (Å²) in [6.45, 7) is 3.97. The van der Waals surface area contributed by atoms with Gasteiger partial charge in [-0.3, -0.25) is 4.79 Å². The maximum atomic E-state index is 11.8. The highest BCUT2D eigenvalue weighted by Crippen LogP contribution is 2.24. The number of carbonyl (C=O) groups is 1. The Bertz CT molecular complexity index is 366. The summed E-state index contributed by atoms with van der Waals surface area (Å²) in [5, 5.41) is 2.83. The zero-order chi connectivity index (χ0) is 12.1. The Morgan fingerprint density at radius 2 is 2.00 bits per heavy atom. The van der Waals surface area contributed by atoms with Crippen LogP contribution in [0.25, 0.3) is 0 Å². The van der Waals surface area contributed by atoms with E-state index in [2.05, 4.69) is 21.2 Å². The van der Waals surface area contributed by atoms with E-state index < -0.39 is 0 Å². The van der Waals surface area contributed by atoms with Crippen molar-refractivity contribution < 1.29 is 9.53 Å². The number of anilines is 1. The summed E-state index contributed by atoms with van der Waals surface area (Å²) in [6.07, 6.45) is 0. The quantitative estimate of drug-likeness (QED) is 0.864. The number of nitrogens with one attached hydrogen (secondary N) is 1. The normalized spacial score (nSPS) is 12.3. The molecule has 0 heterocycles. The lowest BCUT2D eigenvalue weighted by Crippen LogP contribution is -2.27. The van der Waals surface area contributed by atoms with Crippen LogP contribution in [-0.4, -0.2) is 17.8 Å². The van der Waals surface area contributed by atoms with Gasteiger partial charge in [0.05, 0.1) is 17.6 Å². The maximum Gasteiger partial charge on any atom is 0.238 e. The molecular weight excluding hydrogens is 270 g/mol. The van der Waals surface area contributed by atoms with Crippen LogP contribution in [0.2, 0.25) is 0 Å². The van der Waals surface area contributed by atoms with E-state index in [1.807, 2.05) is 38.1 Å². The standard InChI is InChI=1S/C12H16BrNO2/c1-8(2)11(13)12(15)14-9-6-4-5-7-10(9)16-3/h4-8,11H,1-3H3,(H,14,15). The zero-order valence-corrected chi connectivity index (χ0v) is 11.2. The van der Waals surface area contributed by atoms with Crippen LogP contribution in [0.1, 0.15) is 13.8 Å². The molecule has 1 unspecified atom stereocenters. The number of ether oxygens (including phenoxy) is 1. The minimum absolute atomic E-state index is 0.0560. The summed E-state index contributed by atoms with van der Waals surface area (Å²) < 4.78 is 5.16. The number of benzene rings is 1. The van der Waals surface area contributed by atoms with Crippen molar-refractivity contribution in [2.24, 2.45) is 5.92 Å². The smallest absolute Gasteiger partial charge is 0.238 e. The molecule has 0 aromatic heterocycles. The van der Waals surface area contributed by atoms with Crippen LogP contribution in [0, 0.1) is 5.92 Å². The van der Waals surface area contributed by atoms with Gasteiger partial charge >= 0.3 is 0 Å². The van der Waals surface area contributed by atoms with Gasteiger partial charge in [-0.15, -0.1) is 0 Å². The van der Waals surface area contributed by atoms with Gasteiger partial charge in [-0.25, -0.2) is 0 Å². The molecule has 0 aliphatic heterocycles. The fraction of sp³-hybridized carbons (Fsp3) is 0.417. The summed E-state index contributed by atoms with van der Waals surface area (Å²) in [6, 6.07) is 7.35. The molecule has 0 fully saturated rings. The molecule has 0 spiro atoms. The lowest BCUT2D eigenvalue weighted by atomic mass is 10.1. The van der Waals surface area contributed by atoms with Crippen LogP contribution in [0.15, 0.2) is 24.3 Å². The van der Waals surface area contributed by atoms with Crippen molar-refractivity contribution in [2.75, 3.05) is 12.4 Å². The first-order chi connectivity index (χ1) is 7.56. The Balaban J connectivity index is 2.76. The van der Waals surface area contributed by atoms with Crippen LogP contribution in [-0.2, 0) is 4.79 Å².